The second kappa shape index (κ2) is 7.00. The van der Waals surface area contributed by atoms with Gasteiger partial charge in [0.25, 0.3) is 5.91 Å². The largest absolute Gasteiger partial charge is 0.416 e. The second-order valence-corrected chi connectivity index (χ2v) is 6.29. The van der Waals surface area contributed by atoms with Crippen molar-refractivity contribution in [2.75, 3.05) is 0 Å². The fourth-order valence-corrected chi connectivity index (χ4v) is 3.35. The van der Waals surface area contributed by atoms with Gasteiger partial charge in [-0.2, -0.15) is 13.2 Å². The second-order valence-electron chi connectivity index (χ2n) is 5.93. The molecule has 1 aliphatic carbocycles. The summed E-state index contributed by atoms with van der Waals surface area (Å²) in [6, 6.07) is 4.93. The van der Waals surface area contributed by atoms with Gasteiger partial charge in [0, 0.05) is 24.4 Å². The van der Waals surface area contributed by atoms with Crippen LogP contribution in [0.5, 0.6) is 0 Å². The lowest BCUT2D eigenvalue weighted by atomic mass is 9.93. The fourth-order valence-electron chi connectivity index (χ4n) is 3.16. The topological polar surface area (TPSA) is 54.9 Å². The molecule has 25 heavy (non-hydrogen) atoms. The van der Waals surface area contributed by atoms with Crippen molar-refractivity contribution >= 4 is 17.5 Å². The van der Waals surface area contributed by atoms with E-state index in [1.807, 2.05) is 0 Å². The summed E-state index contributed by atoms with van der Waals surface area (Å²) in [6.45, 7) is 0. The summed E-state index contributed by atoms with van der Waals surface area (Å²) in [4.78, 5) is 20.1. The highest BCUT2D eigenvalue weighted by Crippen LogP contribution is 2.36. The quantitative estimate of drug-likeness (QED) is 0.881. The van der Waals surface area contributed by atoms with Crippen LogP contribution in [0.4, 0.5) is 13.2 Å². The van der Waals surface area contributed by atoms with Crippen LogP contribution in [-0.4, -0.2) is 21.9 Å². The average Bonchev–Trinajstić information content (AvgIpc) is 3.02. The Hall–Kier alpha value is -2.15. The van der Waals surface area contributed by atoms with E-state index in [1.54, 1.807) is 0 Å². The smallest absolute Gasteiger partial charge is 0.347 e. The lowest BCUT2D eigenvalue weighted by Gasteiger charge is -2.22. The van der Waals surface area contributed by atoms with Gasteiger partial charge in [-0.25, -0.2) is 9.97 Å². The maximum atomic E-state index is 12.7. The Morgan fingerprint density at radius 3 is 2.44 bits per heavy atom. The molecule has 0 bridgehead atoms. The van der Waals surface area contributed by atoms with Gasteiger partial charge in [-0.3, -0.25) is 4.79 Å². The third-order valence-electron chi connectivity index (χ3n) is 4.37. The van der Waals surface area contributed by atoms with Crippen molar-refractivity contribution < 1.29 is 18.0 Å². The van der Waals surface area contributed by atoms with Gasteiger partial charge in [0.15, 0.2) is 10.8 Å². The highest BCUT2D eigenvalue weighted by atomic mass is 35.5. The molecule has 2 unspecified atom stereocenters. The van der Waals surface area contributed by atoms with Gasteiger partial charge < -0.3 is 5.32 Å². The number of benzene rings is 1. The summed E-state index contributed by atoms with van der Waals surface area (Å²) in [7, 11) is 0. The van der Waals surface area contributed by atoms with Crippen LogP contribution < -0.4 is 5.32 Å². The maximum Gasteiger partial charge on any atom is 0.416 e. The molecule has 1 aromatic heterocycles. The van der Waals surface area contributed by atoms with Crippen LogP contribution in [0, 0.1) is 0 Å². The van der Waals surface area contributed by atoms with Crippen LogP contribution in [0.15, 0.2) is 36.7 Å². The number of halogens is 4. The first-order valence-electron chi connectivity index (χ1n) is 7.81. The number of aromatic nitrogens is 2. The van der Waals surface area contributed by atoms with E-state index in [1.165, 1.54) is 24.5 Å². The van der Waals surface area contributed by atoms with Crippen LogP contribution in [0.2, 0.25) is 5.15 Å². The average molecular weight is 370 g/mol. The van der Waals surface area contributed by atoms with Crippen molar-refractivity contribution in [3.05, 3.63) is 58.6 Å². The maximum absolute atomic E-state index is 12.7. The highest BCUT2D eigenvalue weighted by Gasteiger charge is 2.33. The molecule has 2 atom stereocenters. The third kappa shape index (κ3) is 3.92. The van der Waals surface area contributed by atoms with E-state index in [4.69, 9.17) is 11.6 Å². The number of alkyl halides is 3. The summed E-state index contributed by atoms with van der Waals surface area (Å²) in [6.07, 6.45) is 0.831. The summed E-state index contributed by atoms with van der Waals surface area (Å²) in [5.74, 6) is -0.469. The molecule has 1 saturated carbocycles. The van der Waals surface area contributed by atoms with Crippen LogP contribution >= 0.6 is 11.6 Å². The fraction of sp³-hybridized carbons (Fsp3) is 0.353. The molecule has 0 aliphatic heterocycles. The predicted molar refractivity (Wildman–Crippen MR) is 86.3 cm³/mol. The minimum atomic E-state index is -4.36. The number of carbonyl (C=O) groups excluding carboxylic acids is 1. The van der Waals surface area contributed by atoms with Crippen LogP contribution in [-0.2, 0) is 6.18 Å². The lowest BCUT2D eigenvalue weighted by Crippen LogP contribution is -2.37. The monoisotopic (exact) mass is 369 g/mol. The van der Waals surface area contributed by atoms with Gasteiger partial charge in [-0.1, -0.05) is 30.2 Å². The van der Waals surface area contributed by atoms with E-state index in [0.717, 1.165) is 37.0 Å². The van der Waals surface area contributed by atoms with Gasteiger partial charge in [-0.05, 0) is 30.5 Å². The number of rotatable bonds is 3. The molecular formula is C17H15ClF3N3O. The Morgan fingerprint density at radius 1 is 1.12 bits per heavy atom. The summed E-state index contributed by atoms with van der Waals surface area (Å²) >= 11 is 5.88. The molecule has 1 aliphatic rings. The number of hydrogen-bond acceptors (Lipinski definition) is 3. The molecular weight excluding hydrogens is 355 g/mol. The molecule has 132 valence electrons. The van der Waals surface area contributed by atoms with Gasteiger partial charge >= 0.3 is 6.18 Å². The SMILES string of the molecule is O=C(NC1CCCC1c1ccc(C(F)(F)F)cc1)c1nccnc1Cl. The van der Waals surface area contributed by atoms with Gasteiger partial charge in [0.05, 0.1) is 5.56 Å². The Kier molecular flexibility index (Phi) is 4.94. The first kappa shape index (κ1) is 17.7. The molecule has 1 fully saturated rings. The number of nitrogens with one attached hydrogen (secondary N) is 1. The Bertz CT molecular complexity index is 764. The van der Waals surface area contributed by atoms with Crippen LogP contribution in [0.25, 0.3) is 0 Å². The van der Waals surface area contributed by atoms with Crippen molar-refractivity contribution in [1.29, 1.82) is 0 Å². The van der Waals surface area contributed by atoms with E-state index in [0.29, 0.717) is 0 Å². The van der Waals surface area contributed by atoms with Crippen LogP contribution in [0.3, 0.4) is 0 Å². The zero-order valence-electron chi connectivity index (χ0n) is 13.1. The molecule has 1 heterocycles. The molecule has 0 saturated heterocycles. The summed E-state index contributed by atoms with van der Waals surface area (Å²) in [5.41, 5.74) is 0.143. The molecule has 0 spiro atoms. The highest BCUT2D eigenvalue weighted by molar-refractivity contribution is 6.32. The standard InChI is InChI=1S/C17H15ClF3N3O/c18-15-14(22-8-9-23-15)16(25)24-13-3-1-2-12(13)10-4-6-11(7-5-10)17(19,20)21/h4-9,12-13H,1-3H2,(H,24,25). The summed E-state index contributed by atoms with van der Waals surface area (Å²) < 4.78 is 38.1. The molecule has 1 aromatic carbocycles. The van der Waals surface area contributed by atoms with Crippen molar-refractivity contribution in [3.63, 3.8) is 0 Å². The first-order chi connectivity index (χ1) is 11.9. The van der Waals surface area contributed by atoms with E-state index >= 15 is 0 Å². The molecule has 1 amide bonds. The molecule has 8 heteroatoms. The third-order valence-corrected chi connectivity index (χ3v) is 4.64. The van der Waals surface area contributed by atoms with Gasteiger partial charge in [-0.15, -0.1) is 0 Å². The Labute approximate surface area is 147 Å². The molecule has 2 aromatic rings. The zero-order valence-corrected chi connectivity index (χ0v) is 13.8. The van der Waals surface area contributed by atoms with Crippen molar-refractivity contribution in [2.24, 2.45) is 0 Å². The van der Waals surface area contributed by atoms with E-state index in [2.05, 4.69) is 15.3 Å². The van der Waals surface area contributed by atoms with Gasteiger partial charge in [0.2, 0.25) is 0 Å². The minimum Gasteiger partial charge on any atom is -0.347 e. The number of amides is 1. The van der Waals surface area contributed by atoms with Gasteiger partial charge in [0.1, 0.15) is 0 Å². The molecule has 1 N–H and O–H groups in total. The molecule has 0 radical (unpaired) electrons. The lowest BCUT2D eigenvalue weighted by molar-refractivity contribution is -0.137. The van der Waals surface area contributed by atoms with Crippen molar-refractivity contribution in [3.8, 4) is 0 Å². The Morgan fingerprint density at radius 2 is 1.80 bits per heavy atom. The van der Waals surface area contributed by atoms with Crippen LogP contribution in [0.1, 0.15) is 46.8 Å². The normalized spacial score (nSPS) is 20.5. The number of hydrogen-bond donors (Lipinski definition) is 1. The zero-order chi connectivity index (χ0) is 18.0. The van der Waals surface area contributed by atoms with E-state index in [9.17, 15) is 18.0 Å². The van der Waals surface area contributed by atoms with E-state index in [-0.39, 0.29) is 22.8 Å². The van der Waals surface area contributed by atoms with Crippen molar-refractivity contribution in [1.82, 2.24) is 15.3 Å². The number of carbonyl (C=O) groups is 1. The minimum absolute atomic E-state index is 0.0177. The molecule has 3 rings (SSSR count). The molecule has 4 nitrogen and oxygen atoms in total. The Balaban J connectivity index is 1.75. The summed E-state index contributed by atoms with van der Waals surface area (Å²) in [5, 5.41) is 2.90. The van der Waals surface area contributed by atoms with Crippen molar-refractivity contribution in [2.45, 2.75) is 37.4 Å². The predicted octanol–water partition coefficient (Wildman–Crippen LogP) is 4.21. The number of nitrogens with zero attached hydrogens (tertiary/aromatic N) is 2. The first-order valence-corrected chi connectivity index (χ1v) is 8.18. The van der Waals surface area contributed by atoms with E-state index < -0.39 is 17.6 Å².